The van der Waals surface area contributed by atoms with Crippen molar-refractivity contribution in [3.63, 3.8) is 0 Å². The van der Waals surface area contributed by atoms with Gasteiger partial charge in [0.2, 0.25) is 0 Å². The molecular weight excluding hydrogens is 268 g/mol. The van der Waals surface area contributed by atoms with E-state index in [1.54, 1.807) is 6.92 Å². The minimum atomic E-state index is -0.358. The van der Waals surface area contributed by atoms with E-state index in [4.69, 9.17) is 9.47 Å². The summed E-state index contributed by atoms with van der Waals surface area (Å²) < 4.78 is 10.3. The Bertz CT molecular complexity index is 276. The highest BCUT2D eigenvalue weighted by atomic mass is 16.6. The number of hydrogen-bond donors (Lipinski definition) is 0. The molecule has 21 heavy (non-hydrogen) atoms. The van der Waals surface area contributed by atoms with Gasteiger partial charge in [0.1, 0.15) is 12.7 Å². The topological polar surface area (TPSA) is 52.6 Å². The molecule has 0 bridgehead atoms. The van der Waals surface area contributed by atoms with Crippen LogP contribution in [0, 0.1) is 0 Å². The molecule has 0 spiro atoms. The molecule has 0 aromatic carbocycles. The van der Waals surface area contributed by atoms with E-state index in [1.807, 2.05) is 0 Å². The molecule has 0 aromatic heterocycles. The molecule has 124 valence electrons. The fourth-order valence-corrected chi connectivity index (χ4v) is 1.99. The molecular formula is C17H32O4. The van der Waals surface area contributed by atoms with Crippen molar-refractivity contribution >= 4 is 11.9 Å². The van der Waals surface area contributed by atoms with E-state index in [-0.39, 0.29) is 24.6 Å². The summed E-state index contributed by atoms with van der Waals surface area (Å²) in [5, 5.41) is 0. The van der Waals surface area contributed by atoms with E-state index in [1.165, 1.54) is 19.3 Å². The van der Waals surface area contributed by atoms with Crippen LogP contribution in [-0.4, -0.2) is 24.6 Å². The molecule has 0 saturated heterocycles. The Morgan fingerprint density at radius 2 is 1.33 bits per heavy atom. The highest BCUT2D eigenvalue weighted by Gasteiger charge is 2.11. The molecule has 0 aliphatic rings. The molecule has 0 saturated carbocycles. The third kappa shape index (κ3) is 13.7. The Kier molecular flexibility index (Phi) is 13.2. The molecule has 0 heterocycles. The lowest BCUT2D eigenvalue weighted by Gasteiger charge is -2.13. The van der Waals surface area contributed by atoms with Crippen LogP contribution in [-0.2, 0) is 19.1 Å². The largest absolute Gasteiger partial charge is 0.462 e. The van der Waals surface area contributed by atoms with Crippen LogP contribution in [0.3, 0.4) is 0 Å². The zero-order valence-electron chi connectivity index (χ0n) is 14.0. The minimum Gasteiger partial charge on any atom is -0.462 e. The average Bonchev–Trinajstić information content (AvgIpc) is 2.45. The summed E-state index contributed by atoms with van der Waals surface area (Å²) in [4.78, 5) is 23.0. The fraction of sp³-hybridized carbons (Fsp3) is 0.882. The first-order valence-electron chi connectivity index (χ1n) is 8.45. The maximum Gasteiger partial charge on any atom is 0.306 e. The zero-order chi connectivity index (χ0) is 15.9. The highest BCUT2D eigenvalue weighted by Crippen LogP contribution is 2.07. The van der Waals surface area contributed by atoms with Gasteiger partial charge in [-0.1, -0.05) is 52.4 Å². The number of esters is 2. The van der Waals surface area contributed by atoms with Crippen LogP contribution in [0.25, 0.3) is 0 Å². The van der Waals surface area contributed by atoms with Gasteiger partial charge in [-0.05, 0) is 19.8 Å². The first-order chi connectivity index (χ1) is 10.1. The van der Waals surface area contributed by atoms with Gasteiger partial charge in [-0.25, -0.2) is 0 Å². The second-order valence-corrected chi connectivity index (χ2v) is 5.60. The summed E-state index contributed by atoms with van der Waals surface area (Å²) >= 11 is 0. The van der Waals surface area contributed by atoms with E-state index in [0.29, 0.717) is 12.8 Å². The van der Waals surface area contributed by atoms with Gasteiger partial charge in [0.25, 0.3) is 0 Å². The number of hydrogen-bond acceptors (Lipinski definition) is 4. The Hall–Kier alpha value is -1.06. The molecule has 0 amide bonds. The first-order valence-corrected chi connectivity index (χ1v) is 8.45. The Balaban J connectivity index is 3.55. The molecule has 0 aliphatic carbocycles. The molecule has 4 nitrogen and oxygen atoms in total. The lowest BCUT2D eigenvalue weighted by atomic mass is 10.1. The van der Waals surface area contributed by atoms with Gasteiger partial charge >= 0.3 is 11.9 Å². The van der Waals surface area contributed by atoms with Gasteiger partial charge < -0.3 is 9.47 Å². The van der Waals surface area contributed by atoms with Gasteiger partial charge in [0.05, 0.1) is 0 Å². The predicted molar refractivity (Wildman–Crippen MR) is 84.0 cm³/mol. The number of rotatable bonds is 13. The van der Waals surface area contributed by atoms with Crippen LogP contribution in [0.5, 0.6) is 0 Å². The van der Waals surface area contributed by atoms with Gasteiger partial charge in [0, 0.05) is 12.8 Å². The third-order valence-corrected chi connectivity index (χ3v) is 3.28. The van der Waals surface area contributed by atoms with Crippen LogP contribution in [0.2, 0.25) is 0 Å². The monoisotopic (exact) mass is 300 g/mol. The van der Waals surface area contributed by atoms with Crippen molar-refractivity contribution in [3.8, 4) is 0 Å². The number of carbonyl (C=O) groups is 2. The van der Waals surface area contributed by atoms with Crippen LogP contribution < -0.4 is 0 Å². The molecule has 0 radical (unpaired) electrons. The molecule has 0 fully saturated rings. The molecule has 1 atom stereocenters. The van der Waals surface area contributed by atoms with Crippen LogP contribution in [0.4, 0.5) is 0 Å². The summed E-state index contributed by atoms with van der Waals surface area (Å²) in [5.41, 5.74) is 0. The van der Waals surface area contributed by atoms with Crippen molar-refractivity contribution in [2.24, 2.45) is 0 Å². The summed E-state index contributed by atoms with van der Waals surface area (Å²) in [6, 6.07) is 0. The normalized spacial score (nSPS) is 12.0. The van der Waals surface area contributed by atoms with Crippen molar-refractivity contribution in [1.82, 2.24) is 0 Å². The van der Waals surface area contributed by atoms with E-state index < -0.39 is 0 Å². The van der Waals surface area contributed by atoms with E-state index in [9.17, 15) is 9.59 Å². The van der Waals surface area contributed by atoms with E-state index >= 15 is 0 Å². The van der Waals surface area contributed by atoms with Crippen molar-refractivity contribution in [3.05, 3.63) is 0 Å². The summed E-state index contributed by atoms with van der Waals surface area (Å²) in [6.45, 7) is 6.18. The molecule has 4 heteroatoms. The maximum atomic E-state index is 11.5. The Morgan fingerprint density at radius 1 is 0.810 bits per heavy atom. The van der Waals surface area contributed by atoms with Gasteiger partial charge in [-0.15, -0.1) is 0 Å². The number of carbonyl (C=O) groups excluding carboxylic acids is 2. The molecule has 0 aliphatic heterocycles. The lowest BCUT2D eigenvalue weighted by molar-refractivity contribution is -0.158. The first kappa shape index (κ1) is 19.9. The summed E-state index contributed by atoms with van der Waals surface area (Å²) in [7, 11) is 0. The highest BCUT2D eigenvalue weighted by molar-refractivity contribution is 5.70. The lowest BCUT2D eigenvalue weighted by Crippen LogP contribution is -2.22. The standard InChI is InChI=1S/C17H32O4/c1-4-6-8-9-11-12-16(18)20-14-15(3)21-17(19)13-10-7-5-2/h15H,4-14H2,1-3H3/t15-/m0/s1. The SMILES string of the molecule is CCCCCCCC(=O)OC[C@H](C)OC(=O)CCCCC. The Morgan fingerprint density at radius 3 is 2.00 bits per heavy atom. The van der Waals surface area contributed by atoms with E-state index in [2.05, 4.69) is 13.8 Å². The summed E-state index contributed by atoms with van der Waals surface area (Å²) in [6.07, 6.45) is 9.08. The number of ether oxygens (including phenoxy) is 2. The Labute approximate surface area is 129 Å². The van der Waals surface area contributed by atoms with Crippen molar-refractivity contribution in [2.75, 3.05) is 6.61 Å². The summed E-state index contributed by atoms with van der Waals surface area (Å²) in [5.74, 6) is -0.396. The second-order valence-electron chi connectivity index (χ2n) is 5.60. The minimum absolute atomic E-state index is 0.160. The van der Waals surface area contributed by atoms with Crippen LogP contribution in [0.15, 0.2) is 0 Å². The van der Waals surface area contributed by atoms with Gasteiger partial charge in [-0.2, -0.15) is 0 Å². The van der Waals surface area contributed by atoms with Crippen molar-refractivity contribution in [2.45, 2.75) is 91.1 Å². The maximum absolute atomic E-state index is 11.5. The van der Waals surface area contributed by atoms with E-state index in [0.717, 1.165) is 32.1 Å². The average molecular weight is 300 g/mol. The predicted octanol–water partition coefficient (Wildman–Crippen LogP) is 4.40. The third-order valence-electron chi connectivity index (χ3n) is 3.28. The molecule has 0 unspecified atom stereocenters. The smallest absolute Gasteiger partial charge is 0.306 e. The van der Waals surface area contributed by atoms with Crippen LogP contribution in [0.1, 0.15) is 85.0 Å². The molecule has 0 N–H and O–H groups in total. The van der Waals surface area contributed by atoms with Crippen molar-refractivity contribution in [1.29, 1.82) is 0 Å². The number of unbranched alkanes of at least 4 members (excludes halogenated alkanes) is 6. The van der Waals surface area contributed by atoms with Gasteiger partial charge in [-0.3, -0.25) is 9.59 Å². The van der Waals surface area contributed by atoms with Gasteiger partial charge in [0.15, 0.2) is 0 Å². The molecule has 0 aromatic rings. The second kappa shape index (κ2) is 13.9. The quantitative estimate of drug-likeness (QED) is 0.373. The zero-order valence-corrected chi connectivity index (χ0v) is 14.0. The van der Waals surface area contributed by atoms with Crippen LogP contribution >= 0.6 is 0 Å². The van der Waals surface area contributed by atoms with Crippen molar-refractivity contribution < 1.29 is 19.1 Å². The molecule has 0 rings (SSSR count). The fourth-order valence-electron chi connectivity index (χ4n) is 1.99.